The topological polar surface area (TPSA) is 145 Å². The Bertz CT molecular complexity index is 406. The molecule has 0 radical (unpaired) electrons. The highest BCUT2D eigenvalue weighted by Gasteiger charge is 2.32. The number of carboxylic acids is 2. The van der Waals surface area contributed by atoms with Crippen LogP contribution in [0.1, 0.15) is 155 Å². The van der Waals surface area contributed by atoms with Crippen molar-refractivity contribution in [2.45, 2.75) is 155 Å². The molecule has 0 aliphatic heterocycles. The molecule has 0 aliphatic carbocycles. The number of aliphatic carboxylic acids is 2. The molecular formula is C28H60N2O4. The van der Waals surface area contributed by atoms with Crippen LogP contribution in [0.5, 0.6) is 0 Å². The second-order valence-electron chi connectivity index (χ2n) is 9.83. The van der Waals surface area contributed by atoms with Crippen LogP contribution in [0.2, 0.25) is 0 Å². The molecule has 0 aliphatic rings. The van der Waals surface area contributed by atoms with Gasteiger partial charge in [-0.1, -0.05) is 142 Å². The van der Waals surface area contributed by atoms with Crippen LogP contribution in [0.25, 0.3) is 0 Å². The fraction of sp³-hybridized carbons (Fsp3) is 0.929. The average molecular weight is 489 g/mol. The fourth-order valence-corrected chi connectivity index (χ4v) is 4.70. The maximum absolute atomic E-state index is 11.8. The van der Waals surface area contributed by atoms with Gasteiger partial charge in [-0.15, -0.1) is 0 Å². The summed E-state index contributed by atoms with van der Waals surface area (Å²) in [4.78, 5) is 23.5. The number of carbonyl (C=O) groups is 2. The van der Waals surface area contributed by atoms with Gasteiger partial charge in [-0.2, -0.15) is 0 Å². The van der Waals surface area contributed by atoms with E-state index in [1.807, 2.05) is 0 Å². The Morgan fingerprint density at radius 1 is 0.441 bits per heavy atom. The number of hydrogen-bond acceptors (Lipinski definition) is 4. The first kappa shape index (κ1) is 37.4. The van der Waals surface area contributed by atoms with Crippen LogP contribution in [0.4, 0.5) is 0 Å². The smallest absolute Gasteiger partial charge is 0.307 e. The van der Waals surface area contributed by atoms with Crippen LogP contribution in [0.15, 0.2) is 0 Å². The van der Waals surface area contributed by atoms with E-state index in [1.165, 1.54) is 89.9 Å². The predicted octanol–water partition coefficient (Wildman–Crippen LogP) is 9.33. The Balaban J connectivity index is -0.00000480. The Kier molecular flexibility index (Phi) is 30.9. The van der Waals surface area contributed by atoms with Crippen LogP contribution >= 0.6 is 0 Å². The Labute approximate surface area is 211 Å². The van der Waals surface area contributed by atoms with Crippen LogP contribution in [-0.2, 0) is 9.59 Å². The van der Waals surface area contributed by atoms with E-state index < -0.39 is 23.8 Å². The van der Waals surface area contributed by atoms with Crippen molar-refractivity contribution in [2.24, 2.45) is 11.8 Å². The normalized spacial score (nSPS) is 12.4. The molecule has 0 heterocycles. The molecular weight excluding hydrogens is 428 g/mol. The average Bonchev–Trinajstić information content (AvgIpc) is 2.76. The third-order valence-electron chi connectivity index (χ3n) is 6.86. The minimum atomic E-state index is -0.930. The minimum absolute atomic E-state index is 0. The number of rotatable bonds is 25. The molecule has 0 aromatic rings. The molecule has 34 heavy (non-hydrogen) atoms. The third kappa shape index (κ3) is 22.6. The Morgan fingerprint density at radius 2 is 0.647 bits per heavy atom. The molecule has 6 heteroatoms. The third-order valence-corrected chi connectivity index (χ3v) is 6.86. The predicted molar refractivity (Wildman–Crippen MR) is 145 cm³/mol. The molecule has 0 spiro atoms. The summed E-state index contributed by atoms with van der Waals surface area (Å²) in [5.74, 6) is -3.33. The van der Waals surface area contributed by atoms with Crippen LogP contribution in [0.3, 0.4) is 0 Å². The summed E-state index contributed by atoms with van der Waals surface area (Å²) in [5.41, 5.74) is 0. The molecule has 0 rings (SSSR count). The van der Waals surface area contributed by atoms with E-state index in [4.69, 9.17) is 0 Å². The van der Waals surface area contributed by atoms with Crippen molar-refractivity contribution in [3.05, 3.63) is 0 Å². The highest BCUT2D eigenvalue weighted by atomic mass is 16.4. The van der Waals surface area contributed by atoms with E-state index >= 15 is 0 Å². The van der Waals surface area contributed by atoms with Gasteiger partial charge in [-0.3, -0.25) is 9.59 Å². The number of unbranched alkanes of at least 4 members (excludes halogenated alkanes) is 18. The van der Waals surface area contributed by atoms with Crippen molar-refractivity contribution in [3.63, 3.8) is 0 Å². The van der Waals surface area contributed by atoms with Crippen molar-refractivity contribution in [1.82, 2.24) is 12.3 Å². The monoisotopic (exact) mass is 488 g/mol. The SMILES string of the molecule is CCCCCCCCCCCCC(C(=O)O)C(CCCCCCCCCCCC)C(=O)O.N.N. The molecule has 0 fully saturated rings. The largest absolute Gasteiger partial charge is 0.481 e. The second-order valence-corrected chi connectivity index (χ2v) is 9.83. The highest BCUT2D eigenvalue weighted by Crippen LogP contribution is 2.26. The molecule has 2 unspecified atom stereocenters. The molecule has 8 N–H and O–H groups in total. The molecule has 2 atom stereocenters. The van der Waals surface area contributed by atoms with Gasteiger partial charge in [0, 0.05) is 0 Å². The molecule has 0 saturated heterocycles. The van der Waals surface area contributed by atoms with Gasteiger partial charge in [-0.25, -0.2) is 0 Å². The summed E-state index contributed by atoms with van der Waals surface area (Å²) in [5, 5.41) is 19.3. The fourth-order valence-electron chi connectivity index (χ4n) is 4.70. The lowest BCUT2D eigenvalue weighted by Crippen LogP contribution is -2.30. The number of hydrogen-bond donors (Lipinski definition) is 4. The van der Waals surface area contributed by atoms with Gasteiger partial charge in [0.1, 0.15) is 0 Å². The van der Waals surface area contributed by atoms with Crippen LogP contribution in [0, 0.1) is 11.8 Å². The summed E-state index contributed by atoms with van der Waals surface area (Å²) in [6, 6.07) is 0. The van der Waals surface area contributed by atoms with Crippen molar-refractivity contribution in [3.8, 4) is 0 Å². The summed E-state index contributed by atoms with van der Waals surface area (Å²) in [7, 11) is 0. The van der Waals surface area contributed by atoms with E-state index in [0.717, 1.165) is 38.5 Å². The minimum Gasteiger partial charge on any atom is -0.481 e. The zero-order valence-electron chi connectivity index (χ0n) is 22.8. The molecule has 6 nitrogen and oxygen atoms in total. The molecule has 0 amide bonds. The van der Waals surface area contributed by atoms with Gasteiger partial charge in [0.05, 0.1) is 11.8 Å². The van der Waals surface area contributed by atoms with Gasteiger partial charge in [0.25, 0.3) is 0 Å². The van der Waals surface area contributed by atoms with E-state index in [1.54, 1.807) is 0 Å². The van der Waals surface area contributed by atoms with Gasteiger partial charge in [-0.05, 0) is 12.8 Å². The maximum atomic E-state index is 11.8. The van der Waals surface area contributed by atoms with Gasteiger partial charge >= 0.3 is 11.9 Å². The molecule has 0 aromatic heterocycles. The molecule has 0 bridgehead atoms. The van der Waals surface area contributed by atoms with Gasteiger partial charge in [0.2, 0.25) is 0 Å². The van der Waals surface area contributed by atoms with E-state index in [9.17, 15) is 19.8 Å². The zero-order valence-corrected chi connectivity index (χ0v) is 22.8. The summed E-state index contributed by atoms with van der Waals surface area (Å²) >= 11 is 0. The standard InChI is InChI=1S/C28H54O4.2H3N/c1-3-5-7-9-11-13-15-17-19-21-23-25(27(29)30)26(28(31)32)24-22-20-18-16-14-12-10-8-6-4-2;;/h25-26H,3-24H2,1-2H3,(H,29,30)(H,31,32);2*1H3. The zero-order chi connectivity index (χ0) is 23.9. The van der Waals surface area contributed by atoms with E-state index in [-0.39, 0.29) is 12.3 Å². The molecule has 0 aromatic carbocycles. The van der Waals surface area contributed by atoms with Gasteiger partial charge < -0.3 is 22.5 Å². The van der Waals surface area contributed by atoms with Crippen molar-refractivity contribution < 1.29 is 19.8 Å². The van der Waals surface area contributed by atoms with Crippen LogP contribution < -0.4 is 12.3 Å². The first-order valence-electron chi connectivity index (χ1n) is 14.0. The summed E-state index contributed by atoms with van der Waals surface area (Å²) in [6.45, 7) is 4.47. The summed E-state index contributed by atoms with van der Waals surface area (Å²) < 4.78 is 0. The lowest BCUT2D eigenvalue weighted by Gasteiger charge is -2.20. The van der Waals surface area contributed by atoms with Crippen molar-refractivity contribution >= 4 is 11.9 Å². The Hall–Kier alpha value is -1.14. The maximum Gasteiger partial charge on any atom is 0.307 e. The van der Waals surface area contributed by atoms with E-state index in [2.05, 4.69) is 13.8 Å². The Morgan fingerprint density at radius 3 is 0.853 bits per heavy atom. The lowest BCUT2D eigenvalue weighted by molar-refractivity contribution is -0.154. The van der Waals surface area contributed by atoms with E-state index in [0.29, 0.717) is 12.8 Å². The highest BCUT2D eigenvalue weighted by molar-refractivity contribution is 5.79. The van der Waals surface area contributed by atoms with Crippen molar-refractivity contribution in [2.75, 3.05) is 0 Å². The molecule has 206 valence electrons. The molecule has 0 saturated carbocycles. The number of carboxylic acid groups (broad SMARTS) is 2. The first-order valence-corrected chi connectivity index (χ1v) is 14.0. The van der Waals surface area contributed by atoms with Crippen LogP contribution in [-0.4, -0.2) is 22.2 Å². The second kappa shape index (κ2) is 28.1. The van der Waals surface area contributed by atoms with Crippen molar-refractivity contribution in [1.29, 1.82) is 0 Å². The first-order chi connectivity index (χ1) is 15.5. The summed E-state index contributed by atoms with van der Waals surface area (Å²) in [6.07, 6.45) is 25.1. The van der Waals surface area contributed by atoms with Gasteiger partial charge in [0.15, 0.2) is 0 Å². The lowest BCUT2D eigenvalue weighted by atomic mass is 9.84. The quantitative estimate of drug-likeness (QED) is 0.0941.